The second-order valence-electron chi connectivity index (χ2n) is 5.09. The fraction of sp³-hybridized carbons (Fsp3) is 0.167. The summed E-state index contributed by atoms with van der Waals surface area (Å²) in [6.45, 7) is 0.983. The van der Waals surface area contributed by atoms with Crippen LogP contribution in [0.4, 0.5) is 4.79 Å². The molecule has 0 aliphatic carbocycles. The highest BCUT2D eigenvalue weighted by molar-refractivity contribution is 7.13. The molecule has 5 heteroatoms. The smallest absolute Gasteiger partial charge is 0.315 e. The molecule has 0 fully saturated rings. The number of carbonyl (C=O) groups excluding carboxylic acids is 1. The van der Waals surface area contributed by atoms with E-state index in [-0.39, 0.29) is 6.03 Å². The molecule has 3 rings (SSSR count). The third kappa shape index (κ3) is 4.47. The van der Waals surface area contributed by atoms with E-state index >= 15 is 0 Å². The van der Waals surface area contributed by atoms with Crippen molar-refractivity contribution >= 4 is 17.4 Å². The number of rotatable bonds is 6. The maximum absolute atomic E-state index is 11.8. The summed E-state index contributed by atoms with van der Waals surface area (Å²) in [6, 6.07) is 17.7. The molecule has 1 aromatic carbocycles. The summed E-state index contributed by atoms with van der Waals surface area (Å²) in [5, 5.41) is 7.66. The zero-order valence-corrected chi connectivity index (χ0v) is 13.4. The SMILES string of the molecule is O=C(NCCc1ccccc1)NCc1ccc(-c2cccs2)o1. The fourth-order valence-electron chi connectivity index (χ4n) is 2.22. The lowest BCUT2D eigenvalue weighted by Crippen LogP contribution is -2.36. The Morgan fingerprint density at radius 2 is 1.87 bits per heavy atom. The van der Waals surface area contributed by atoms with Crippen molar-refractivity contribution in [1.82, 2.24) is 10.6 Å². The number of amides is 2. The molecular weight excluding hydrogens is 308 g/mol. The Morgan fingerprint density at radius 3 is 2.65 bits per heavy atom. The Hall–Kier alpha value is -2.53. The highest BCUT2D eigenvalue weighted by Crippen LogP contribution is 2.26. The molecule has 0 unspecified atom stereocenters. The standard InChI is InChI=1S/C18H18N2O2S/c21-18(19-11-10-14-5-2-1-3-6-14)20-13-15-8-9-16(22-15)17-7-4-12-23-17/h1-9,12H,10-11,13H2,(H2,19,20,21). The molecule has 0 bridgehead atoms. The lowest BCUT2D eigenvalue weighted by atomic mass is 10.1. The van der Waals surface area contributed by atoms with Crippen LogP contribution in [0.15, 0.2) is 64.4 Å². The van der Waals surface area contributed by atoms with Crippen molar-refractivity contribution in [3.8, 4) is 10.6 Å². The van der Waals surface area contributed by atoms with Gasteiger partial charge >= 0.3 is 6.03 Å². The van der Waals surface area contributed by atoms with E-state index in [1.807, 2.05) is 47.8 Å². The van der Waals surface area contributed by atoms with Gasteiger partial charge in [-0.3, -0.25) is 0 Å². The maximum Gasteiger partial charge on any atom is 0.315 e. The Balaban J connectivity index is 1.41. The third-order valence-electron chi connectivity index (χ3n) is 3.39. The molecule has 0 saturated carbocycles. The van der Waals surface area contributed by atoms with Crippen LogP contribution < -0.4 is 10.6 Å². The van der Waals surface area contributed by atoms with Crippen LogP contribution in [0.5, 0.6) is 0 Å². The van der Waals surface area contributed by atoms with Gasteiger partial charge in [0.2, 0.25) is 0 Å². The van der Waals surface area contributed by atoms with Crippen LogP contribution in [0.2, 0.25) is 0 Å². The molecule has 2 heterocycles. The lowest BCUT2D eigenvalue weighted by molar-refractivity contribution is 0.239. The summed E-state index contributed by atoms with van der Waals surface area (Å²) in [7, 11) is 0. The van der Waals surface area contributed by atoms with Crippen molar-refractivity contribution in [2.45, 2.75) is 13.0 Å². The van der Waals surface area contributed by atoms with Gasteiger partial charge < -0.3 is 15.1 Å². The van der Waals surface area contributed by atoms with Gasteiger partial charge in [0.15, 0.2) is 0 Å². The number of hydrogen-bond donors (Lipinski definition) is 2. The molecule has 0 spiro atoms. The van der Waals surface area contributed by atoms with Crippen molar-refractivity contribution < 1.29 is 9.21 Å². The van der Waals surface area contributed by atoms with Crippen molar-refractivity contribution in [1.29, 1.82) is 0 Å². The predicted octanol–water partition coefficient (Wildman–Crippen LogP) is 4.05. The van der Waals surface area contributed by atoms with E-state index in [1.165, 1.54) is 5.56 Å². The summed E-state index contributed by atoms with van der Waals surface area (Å²) in [5.41, 5.74) is 1.21. The van der Waals surface area contributed by atoms with E-state index in [1.54, 1.807) is 11.3 Å². The van der Waals surface area contributed by atoms with Crippen LogP contribution in [0, 0.1) is 0 Å². The molecule has 0 aliphatic heterocycles. The molecule has 2 amide bonds. The molecule has 3 aromatic rings. The minimum Gasteiger partial charge on any atom is -0.458 e. The minimum atomic E-state index is -0.185. The van der Waals surface area contributed by atoms with Gasteiger partial charge in [-0.2, -0.15) is 0 Å². The van der Waals surface area contributed by atoms with Gasteiger partial charge in [-0.15, -0.1) is 11.3 Å². The number of nitrogens with one attached hydrogen (secondary N) is 2. The summed E-state index contributed by atoms with van der Waals surface area (Å²) in [5.74, 6) is 1.58. The van der Waals surface area contributed by atoms with Crippen molar-refractivity contribution in [3.63, 3.8) is 0 Å². The largest absolute Gasteiger partial charge is 0.458 e. The van der Waals surface area contributed by atoms with Gasteiger partial charge in [0.25, 0.3) is 0 Å². The summed E-state index contributed by atoms with van der Waals surface area (Å²) in [6.07, 6.45) is 0.817. The first-order chi connectivity index (χ1) is 11.3. The molecule has 0 atom stereocenters. The van der Waals surface area contributed by atoms with Gasteiger partial charge in [0.1, 0.15) is 11.5 Å². The van der Waals surface area contributed by atoms with Crippen molar-refractivity contribution in [2.75, 3.05) is 6.54 Å². The van der Waals surface area contributed by atoms with Crippen LogP contribution >= 0.6 is 11.3 Å². The van der Waals surface area contributed by atoms with Crippen molar-refractivity contribution in [3.05, 3.63) is 71.3 Å². The van der Waals surface area contributed by atoms with Crippen LogP contribution in [0.3, 0.4) is 0 Å². The van der Waals surface area contributed by atoms with Crippen LogP contribution in [0.1, 0.15) is 11.3 Å². The van der Waals surface area contributed by atoms with E-state index in [2.05, 4.69) is 22.8 Å². The van der Waals surface area contributed by atoms with E-state index in [0.29, 0.717) is 13.1 Å². The molecule has 23 heavy (non-hydrogen) atoms. The molecule has 0 radical (unpaired) electrons. The lowest BCUT2D eigenvalue weighted by Gasteiger charge is -2.06. The van der Waals surface area contributed by atoms with Crippen LogP contribution in [-0.2, 0) is 13.0 Å². The highest BCUT2D eigenvalue weighted by atomic mass is 32.1. The van der Waals surface area contributed by atoms with E-state index in [4.69, 9.17) is 4.42 Å². The third-order valence-corrected chi connectivity index (χ3v) is 4.28. The number of hydrogen-bond acceptors (Lipinski definition) is 3. The highest BCUT2D eigenvalue weighted by Gasteiger charge is 2.07. The molecule has 0 aliphatic rings. The van der Waals surface area contributed by atoms with E-state index in [0.717, 1.165) is 22.8 Å². The Labute approximate surface area is 139 Å². The number of urea groups is 1. The Bertz CT molecular complexity index is 735. The first-order valence-electron chi connectivity index (χ1n) is 7.49. The van der Waals surface area contributed by atoms with Crippen LogP contribution in [-0.4, -0.2) is 12.6 Å². The van der Waals surface area contributed by atoms with Crippen LogP contribution in [0.25, 0.3) is 10.6 Å². The zero-order chi connectivity index (χ0) is 15.9. The van der Waals surface area contributed by atoms with Gasteiger partial charge in [0, 0.05) is 6.54 Å². The minimum absolute atomic E-state index is 0.185. The predicted molar refractivity (Wildman–Crippen MR) is 92.4 cm³/mol. The first-order valence-corrected chi connectivity index (χ1v) is 8.37. The number of furan rings is 1. The van der Waals surface area contributed by atoms with Gasteiger partial charge in [-0.25, -0.2) is 4.79 Å². The molecule has 2 N–H and O–H groups in total. The average molecular weight is 326 g/mol. The Kier molecular flexibility index (Phi) is 5.11. The molecule has 0 saturated heterocycles. The zero-order valence-electron chi connectivity index (χ0n) is 12.6. The normalized spacial score (nSPS) is 10.4. The first kappa shape index (κ1) is 15.4. The average Bonchev–Trinajstić information content (AvgIpc) is 3.25. The Morgan fingerprint density at radius 1 is 1.00 bits per heavy atom. The summed E-state index contributed by atoms with van der Waals surface area (Å²) in [4.78, 5) is 12.9. The molecule has 118 valence electrons. The van der Waals surface area contributed by atoms with E-state index < -0.39 is 0 Å². The molecule has 4 nitrogen and oxygen atoms in total. The quantitative estimate of drug-likeness (QED) is 0.718. The monoisotopic (exact) mass is 326 g/mol. The number of benzene rings is 1. The molecule has 2 aromatic heterocycles. The second-order valence-corrected chi connectivity index (χ2v) is 6.04. The molecular formula is C18H18N2O2S. The summed E-state index contributed by atoms with van der Waals surface area (Å²) < 4.78 is 5.72. The topological polar surface area (TPSA) is 54.3 Å². The van der Waals surface area contributed by atoms with Crippen molar-refractivity contribution in [2.24, 2.45) is 0 Å². The van der Waals surface area contributed by atoms with Gasteiger partial charge in [-0.1, -0.05) is 36.4 Å². The van der Waals surface area contributed by atoms with Gasteiger partial charge in [0.05, 0.1) is 11.4 Å². The summed E-state index contributed by atoms with van der Waals surface area (Å²) >= 11 is 1.63. The van der Waals surface area contributed by atoms with Gasteiger partial charge in [-0.05, 0) is 35.6 Å². The number of carbonyl (C=O) groups is 1. The maximum atomic E-state index is 11.8. The van der Waals surface area contributed by atoms with E-state index in [9.17, 15) is 4.79 Å². The fourth-order valence-corrected chi connectivity index (χ4v) is 2.91. The number of thiophene rings is 1. The second kappa shape index (κ2) is 7.65.